The van der Waals surface area contributed by atoms with Crippen LogP contribution in [0.25, 0.3) is 0 Å². The van der Waals surface area contributed by atoms with E-state index in [1.54, 1.807) is 12.1 Å². The molecule has 1 saturated heterocycles. The number of anilines is 1. The number of carbonyl (C=O) groups is 1. The molecule has 0 spiro atoms. The predicted molar refractivity (Wildman–Crippen MR) is 67.3 cm³/mol. The highest BCUT2D eigenvalue weighted by Gasteiger charge is 2.25. The molecule has 100 valence electrons. The number of rotatable bonds is 2. The largest absolute Gasteiger partial charge is 0.453 e. The summed E-state index contributed by atoms with van der Waals surface area (Å²) >= 11 is 0. The molecule has 1 aliphatic rings. The van der Waals surface area contributed by atoms with E-state index in [1.165, 1.54) is 13.2 Å². The SMILES string of the molecule is COC(=O)NC1CCN(c2ccc(C#N)cc2F)C1. The Morgan fingerprint density at radius 1 is 1.63 bits per heavy atom. The van der Waals surface area contributed by atoms with E-state index in [-0.39, 0.29) is 6.04 Å². The maximum absolute atomic E-state index is 13.8. The molecule has 0 aromatic heterocycles. The van der Waals surface area contributed by atoms with Gasteiger partial charge in [0, 0.05) is 13.1 Å². The Bertz CT molecular complexity index is 527. The van der Waals surface area contributed by atoms with Crippen LogP contribution in [0.2, 0.25) is 0 Å². The smallest absolute Gasteiger partial charge is 0.407 e. The number of carbonyl (C=O) groups excluding carboxylic acids is 1. The standard InChI is InChI=1S/C13H14FN3O2/c1-19-13(18)16-10-4-5-17(8-10)12-3-2-9(7-15)6-11(12)14/h2-3,6,10H,4-5,8H2,1H3,(H,16,18). The summed E-state index contributed by atoms with van der Waals surface area (Å²) in [7, 11) is 1.31. The zero-order valence-electron chi connectivity index (χ0n) is 10.5. The second kappa shape index (κ2) is 5.57. The first-order chi connectivity index (χ1) is 9.13. The number of alkyl carbamates (subject to hydrolysis) is 1. The molecule has 1 unspecified atom stereocenters. The Labute approximate surface area is 110 Å². The van der Waals surface area contributed by atoms with Crippen LogP contribution in [0.1, 0.15) is 12.0 Å². The molecule has 2 rings (SSSR count). The molecular formula is C13H14FN3O2. The van der Waals surface area contributed by atoms with Gasteiger partial charge in [0.15, 0.2) is 0 Å². The van der Waals surface area contributed by atoms with E-state index < -0.39 is 11.9 Å². The minimum Gasteiger partial charge on any atom is -0.453 e. The quantitative estimate of drug-likeness (QED) is 0.880. The lowest BCUT2D eigenvalue weighted by atomic mass is 10.2. The van der Waals surface area contributed by atoms with E-state index in [2.05, 4.69) is 10.1 Å². The Morgan fingerprint density at radius 2 is 2.42 bits per heavy atom. The van der Waals surface area contributed by atoms with Crippen LogP contribution >= 0.6 is 0 Å². The summed E-state index contributed by atoms with van der Waals surface area (Å²) < 4.78 is 18.4. The minimum absolute atomic E-state index is 0.0532. The summed E-state index contributed by atoms with van der Waals surface area (Å²) in [6.07, 6.45) is 0.251. The molecule has 5 nitrogen and oxygen atoms in total. The summed E-state index contributed by atoms with van der Waals surface area (Å²) in [5.41, 5.74) is 0.748. The molecule has 1 N–H and O–H groups in total. The van der Waals surface area contributed by atoms with Gasteiger partial charge in [-0.1, -0.05) is 0 Å². The van der Waals surface area contributed by atoms with Crippen molar-refractivity contribution in [3.05, 3.63) is 29.6 Å². The van der Waals surface area contributed by atoms with E-state index in [4.69, 9.17) is 5.26 Å². The monoisotopic (exact) mass is 263 g/mol. The predicted octanol–water partition coefficient (Wildman–Crippen LogP) is 1.63. The molecule has 1 fully saturated rings. The van der Waals surface area contributed by atoms with Crippen LogP contribution in [0.3, 0.4) is 0 Å². The van der Waals surface area contributed by atoms with E-state index >= 15 is 0 Å². The fraction of sp³-hybridized carbons (Fsp3) is 0.385. The molecule has 1 atom stereocenters. The number of nitrogens with zero attached hydrogens (tertiary/aromatic N) is 2. The average Bonchev–Trinajstić information content (AvgIpc) is 2.86. The summed E-state index contributed by atoms with van der Waals surface area (Å²) in [6.45, 7) is 1.18. The lowest BCUT2D eigenvalue weighted by Crippen LogP contribution is -2.37. The Hall–Kier alpha value is -2.29. The molecular weight excluding hydrogens is 249 g/mol. The minimum atomic E-state index is -0.479. The number of hydrogen-bond acceptors (Lipinski definition) is 4. The van der Waals surface area contributed by atoms with Crippen molar-refractivity contribution in [2.75, 3.05) is 25.1 Å². The molecule has 1 heterocycles. The van der Waals surface area contributed by atoms with Gasteiger partial charge in [-0.05, 0) is 24.6 Å². The lowest BCUT2D eigenvalue weighted by molar-refractivity contribution is 0.167. The molecule has 0 saturated carbocycles. The topological polar surface area (TPSA) is 65.4 Å². The summed E-state index contributed by atoms with van der Waals surface area (Å²) in [4.78, 5) is 12.9. The van der Waals surface area contributed by atoms with Crippen molar-refractivity contribution in [2.45, 2.75) is 12.5 Å². The molecule has 0 aliphatic carbocycles. The number of halogens is 1. The number of hydrogen-bond donors (Lipinski definition) is 1. The van der Waals surface area contributed by atoms with Gasteiger partial charge in [-0.15, -0.1) is 0 Å². The van der Waals surface area contributed by atoms with E-state index in [1.807, 2.05) is 11.0 Å². The highest BCUT2D eigenvalue weighted by molar-refractivity contribution is 5.67. The zero-order chi connectivity index (χ0) is 13.8. The van der Waals surface area contributed by atoms with Crippen LogP contribution in [0.5, 0.6) is 0 Å². The molecule has 0 radical (unpaired) electrons. The molecule has 1 aromatic carbocycles. The molecule has 1 amide bonds. The lowest BCUT2D eigenvalue weighted by Gasteiger charge is -2.19. The molecule has 0 bridgehead atoms. The average molecular weight is 263 g/mol. The summed E-state index contributed by atoms with van der Waals surface area (Å²) in [6, 6.07) is 6.24. The number of methoxy groups -OCH3 is 1. The van der Waals surface area contributed by atoms with Gasteiger partial charge in [-0.25, -0.2) is 9.18 Å². The maximum atomic E-state index is 13.8. The van der Waals surface area contributed by atoms with Gasteiger partial charge < -0.3 is 15.0 Å². The first-order valence-corrected chi connectivity index (χ1v) is 5.93. The number of nitrogens with one attached hydrogen (secondary N) is 1. The van der Waals surface area contributed by atoms with Crippen LogP contribution in [-0.2, 0) is 4.74 Å². The van der Waals surface area contributed by atoms with E-state index in [0.717, 1.165) is 6.42 Å². The van der Waals surface area contributed by atoms with Gasteiger partial charge in [0.2, 0.25) is 0 Å². The van der Waals surface area contributed by atoms with Crippen molar-refractivity contribution in [3.8, 4) is 6.07 Å². The van der Waals surface area contributed by atoms with Crippen molar-refractivity contribution in [2.24, 2.45) is 0 Å². The van der Waals surface area contributed by atoms with Gasteiger partial charge in [0.05, 0.1) is 30.5 Å². The van der Waals surface area contributed by atoms with Crippen LogP contribution < -0.4 is 10.2 Å². The normalized spacial score (nSPS) is 17.9. The first kappa shape index (κ1) is 13.1. The number of benzene rings is 1. The maximum Gasteiger partial charge on any atom is 0.407 e. The van der Waals surface area contributed by atoms with E-state index in [0.29, 0.717) is 24.3 Å². The van der Waals surface area contributed by atoms with Gasteiger partial charge >= 0.3 is 6.09 Å². The van der Waals surface area contributed by atoms with Gasteiger partial charge in [-0.3, -0.25) is 0 Å². The van der Waals surface area contributed by atoms with Gasteiger partial charge in [0.25, 0.3) is 0 Å². The third-order valence-corrected chi connectivity index (χ3v) is 3.11. The van der Waals surface area contributed by atoms with Crippen molar-refractivity contribution in [1.82, 2.24) is 5.32 Å². The number of amides is 1. The fourth-order valence-electron chi connectivity index (χ4n) is 2.16. The summed E-state index contributed by atoms with van der Waals surface area (Å²) in [5.74, 6) is -0.419. The van der Waals surface area contributed by atoms with Gasteiger partial charge in [-0.2, -0.15) is 5.26 Å². The highest BCUT2D eigenvalue weighted by Crippen LogP contribution is 2.24. The highest BCUT2D eigenvalue weighted by atomic mass is 19.1. The van der Waals surface area contributed by atoms with Crippen LogP contribution in [-0.4, -0.2) is 32.3 Å². The van der Waals surface area contributed by atoms with Crippen LogP contribution in [0, 0.1) is 17.1 Å². The second-order valence-electron chi connectivity index (χ2n) is 4.35. The first-order valence-electron chi connectivity index (χ1n) is 5.93. The molecule has 1 aromatic rings. The number of ether oxygens (including phenoxy) is 1. The van der Waals surface area contributed by atoms with Crippen LogP contribution in [0.4, 0.5) is 14.9 Å². The zero-order valence-corrected chi connectivity index (χ0v) is 10.5. The fourth-order valence-corrected chi connectivity index (χ4v) is 2.16. The number of nitriles is 1. The Morgan fingerprint density at radius 3 is 3.05 bits per heavy atom. The van der Waals surface area contributed by atoms with Crippen molar-refractivity contribution in [1.29, 1.82) is 5.26 Å². The van der Waals surface area contributed by atoms with E-state index in [9.17, 15) is 9.18 Å². The second-order valence-corrected chi connectivity index (χ2v) is 4.35. The van der Waals surface area contributed by atoms with Gasteiger partial charge in [0.1, 0.15) is 5.82 Å². The van der Waals surface area contributed by atoms with Crippen LogP contribution in [0.15, 0.2) is 18.2 Å². The Kier molecular flexibility index (Phi) is 3.85. The van der Waals surface area contributed by atoms with Crippen molar-refractivity contribution in [3.63, 3.8) is 0 Å². The molecule has 6 heteroatoms. The third kappa shape index (κ3) is 2.94. The molecule has 1 aliphatic heterocycles. The third-order valence-electron chi connectivity index (χ3n) is 3.11. The van der Waals surface area contributed by atoms with Crippen molar-refractivity contribution >= 4 is 11.8 Å². The molecule has 19 heavy (non-hydrogen) atoms. The summed E-state index contributed by atoms with van der Waals surface area (Å²) in [5, 5.41) is 11.4. The van der Waals surface area contributed by atoms with Crippen molar-refractivity contribution < 1.29 is 13.9 Å². The Balaban J connectivity index is 2.05.